The van der Waals surface area contributed by atoms with Gasteiger partial charge in [0.25, 0.3) is 0 Å². The molecule has 0 aliphatic carbocycles. The number of hydrogen-bond acceptors (Lipinski definition) is 3. The number of anilines is 1. The van der Waals surface area contributed by atoms with Crippen molar-refractivity contribution >= 4 is 34.4 Å². The molecule has 0 amide bonds. The fourth-order valence-corrected chi connectivity index (χ4v) is 3.36. The molecular formula is C17H23N3S2. The first-order valence-electron chi connectivity index (χ1n) is 7.29. The summed E-state index contributed by atoms with van der Waals surface area (Å²) in [6, 6.07) is 10.9. The predicted octanol–water partition coefficient (Wildman–Crippen LogP) is 3.95. The van der Waals surface area contributed by atoms with Gasteiger partial charge in [0.1, 0.15) is 0 Å². The summed E-state index contributed by atoms with van der Waals surface area (Å²) in [6.07, 6.45) is 0. The number of thiophene rings is 1. The van der Waals surface area contributed by atoms with Gasteiger partial charge in [-0.3, -0.25) is 0 Å². The molecule has 2 aromatic rings. The zero-order valence-corrected chi connectivity index (χ0v) is 15.1. The van der Waals surface area contributed by atoms with Crippen LogP contribution >= 0.6 is 23.6 Å². The van der Waals surface area contributed by atoms with Gasteiger partial charge < -0.3 is 15.5 Å². The van der Waals surface area contributed by atoms with Crippen molar-refractivity contribution in [2.45, 2.75) is 19.9 Å². The van der Waals surface area contributed by atoms with Crippen LogP contribution in [0.15, 0.2) is 35.7 Å². The summed E-state index contributed by atoms with van der Waals surface area (Å²) in [5.41, 5.74) is 3.48. The molecule has 2 N–H and O–H groups in total. The van der Waals surface area contributed by atoms with Crippen molar-refractivity contribution in [2.24, 2.45) is 0 Å². The minimum Gasteiger partial charge on any atom is -0.360 e. The highest BCUT2D eigenvalue weighted by molar-refractivity contribution is 7.80. The molecule has 0 aliphatic rings. The summed E-state index contributed by atoms with van der Waals surface area (Å²) < 4.78 is 0. The van der Waals surface area contributed by atoms with Crippen molar-refractivity contribution in [1.82, 2.24) is 10.2 Å². The third-order valence-corrected chi connectivity index (χ3v) is 4.81. The van der Waals surface area contributed by atoms with E-state index < -0.39 is 0 Å². The first-order valence-corrected chi connectivity index (χ1v) is 8.58. The normalized spacial score (nSPS) is 12.2. The SMILES string of the molecule is Cc1ccc(C)c(NC(=S)NCC(c2cccs2)N(C)C)c1. The molecular weight excluding hydrogens is 310 g/mol. The Labute approximate surface area is 142 Å². The van der Waals surface area contributed by atoms with Gasteiger partial charge in [-0.1, -0.05) is 18.2 Å². The molecule has 0 radical (unpaired) electrons. The maximum atomic E-state index is 5.44. The van der Waals surface area contributed by atoms with Gasteiger partial charge in [0, 0.05) is 17.1 Å². The van der Waals surface area contributed by atoms with Gasteiger partial charge in [0.2, 0.25) is 0 Å². The zero-order valence-electron chi connectivity index (χ0n) is 13.5. The Kier molecular flexibility index (Phi) is 5.94. The molecule has 0 aliphatic heterocycles. The number of benzene rings is 1. The Morgan fingerprint density at radius 2 is 2.05 bits per heavy atom. The van der Waals surface area contributed by atoms with E-state index in [2.05, 4.69) is 79.2 Å². The first-order chi connectivity index (χ1) is 10.5. The second-order valence-corrected chi connectivity index (χ2v) is 7.04. The Bertz CT molecular complexity index is 621. The van der Waals surface area contributed by atoms with Gasteiger partial charge >= 0.3 is 0 Å². The van der Waals surface area contributed by atoms with E-state index in [0.29, 0.717) is 11.2 Å². The summed E-state index contributed by atoms with van der Waals surface area (Å²) in [4.78, 5) is 3.55. The Morgan fingerprint density at radius 3 is 2.68 bits per heavy atom. The highest BCUT2D eigenvalue weighted by Gasteiger charge is 2.15. The molecule has 2 rings (SSSR count). The number of aryl methyl sites for hydroxylation is 2. The van der Waals surface area contributed by atoms with Crippen LogP contribution < -0.4 is 10.6 Å². The van der Waals surface area contributed by atoms with Crippen molar-refractivity contribution in [2.75, 3.05) is 26.0 Å². The summed E-state index contributed by atoms with van der Waals surface area (Å²) in [7, 11) is 4.18. The minimum atomic E-state index is 0.318. The molecule has 1 unspecified atom stereocenters. The lowest BCUT2D eigenvalue weighted by Crippen LogP contribution is -2.36. The maximum Gasteiger partial charge on any atom is 0.170 e. The molecule has 1 atom stereocenters. The third-order valence-electron chi connectivity index (χ3n) is 3.59. The summed E-state index contributed by atoms with van der Waals surface area (Å²) in [5.74, 6) is 0. The maximum absolute atomic E-state index is 5.44. The van der Waals surface area contributed by atoms with Gasteiger partial charge in [-0.05, 0) is 68.8 Å². The van der Waals surface area contributed by atoms with Crippen molar-refractivity contribution < 1.29 is 0 Å². The van der Waals surface area contributed by atoms with Crippen molar-refractivity contribution in [3.8, 4) is 0 Å². The Balaban J connectivity index is 1.95. The zero-order chi connectivity index (χ0) is 16.1. The molecule has 1 aromatic carbocycles. The molecule has 0 spiro atoms. The highest BCUT2D eigenvalue weighted by Crippen LogP contribution is 2.22. The first kappa shape index (κ1) is 16.9. The van der Waals surface area contributed by atoms with Crippen LogP contribution in [0.25, 0.3) is 0 Å². The molecule has 118 valence electrons. The largest absolute Gasteiger partial charge is 0.360 e. The molecule has 5 heteroatoms. The van der Waals surface area contributed by atoms with Crippen LogP contribution in [-0.2, 0) is 0 Å². The lowest BCUT2D eigenvalue weighted by molar-refractivity contribution is 0.303. The lowest BCUT2D eigenvalue weighted by Gasteiger charge is -2.24. The van der Waals surface area contributed by atoms with E-state index >= 15 is 0 Å². The number of thiocarbonyl (C=S) groups is 1. The summed E-state index contributed by atoms with van der Waals surface area (Å²) in [6.45, 7) is 4.95. The van der Waals surface area contributed by atoms with E-state index in [1.54, 1.807) is 11.3 Å². The number of hydrogen-bond donors (Lipinski definition) is 2. The summed E-state index contributed by atoms with van der Waals surface area (Å²) in [5, 5.41) is 9.40. The monoisotopic (exact) mass is 333 g/mol. The number of rotatable bonds is 5. The Morgan fingerprint density at radius 1 is 1.27 bits per heavy atom. The van der Waals surface area contributed by atoms with Crippen molar-refractivity contribution in [3.05, 3.63) is 51.7 Å². The molecule has 22 heavy (non-hydrogen) atoms. The standard InChI is InChI=1S/C17H23N3S2/c1-12-7-8-13(2)14(10-12)19-17(21)18-11-15(20(3)4)16-6-5-9-22-16/h5-10,15H,11H2,1-4H3,(H2,18,19,21). The van der Waals surface area contributed by atoms with Crippen LogP contribution in [0.2, 0.25) is 0 Å². The fourth-order valence-electron chi connectivity index (χ4n) is 2.24. The van der Waals surface area contributed by atoms with Crippen molar-refractivity contribution in [3.63, 3.8) is 0 Å². The van der Waals surface area contributed by atoms with Gasteiger partial charge in [0.15, 0.2) is 5.11 Å². The van der Waals surface area contributed by atoms with Crippen LogP contribution in [0.5, 0.6) is 0 Å². The van der Waals surface area contributed by atoms with Gasteiger partial charge in [-0.2, -0.15) is 0 Å². The summed E-state index contributed by atoms with van der Waals surface area (Å²) >= 11 is 7.21. The van der Waals surface area contributed by atoms with E-state index in [4.69, 9.17) is 12.2 Å². The average molecular weight is 334 g/mol. The molecule has 0 saturated carbocycles. The molecule has 0 bridgehead atoms. The van der Waals surface area contributed by atoms with Crippen LogP contribution in [0.4, 0.5) is 5.69 Å². The van der Waals surface area contributed by atoms with E-state index in [0.717, 1.165) is 12.2 Å². The van der Waals surface area contributed by atoms with E-state index in [1.807, 2.05) is 0 Å². The van der Waals surface area contributed by atoms with E-state index in [1.165, 1.54) is 16.0 Å². The second-order valence-electron chi connectivity index (χ2n) is 5.65. The van der Waals surface area contributed by atoms with Crippen LogP contribution in [0, 0.1) is 13.8 Å². The van der Waals surface area contributed by atoms with Gasteiger partial charge in [-0.15, -0.1) is 11.3 Å². The fraction of sp³-hybridized carbons (Fsp3) is 0.353. The van der Waals surface area contributed by atoms with Crippen molar-refractivity contribution in [1.29, 1.82) is 0 Å². The van der Waals surface area contributed by atoms with Crippen LogP contribution in [0.3, 0.4) is 0 Å². The highest BCUT2D eigenvalue weighted by atomic mass is 32.1. The average Bonchev–Trinajstić information content (AvgIpc) is 2.96. The number of nitrogens with one attached hydrogen (secondary N) is 2. The molecule has 1 aromatic heterocycles. The topological polar surface area (TPSA) is 27.3 Å². The van der Waals surface area contributed by atoms with Crippen LogP contribution in [0.1, 0.15) is 22.0 Å². The third kappa shape index (κ3) is 4.53. The van der Waals surface area contributed by atoms with Crippen LogP contribution in [-0.4, -0.2) is 30.7 Å². The smallest absolute Gasteiger partial charge is 0.170 e. The Hall–Kier alpha value is -1.43. The molecule has 0 saturated heterocycles. The number of likely N-dealkylation sites (N-methyl/N-ethyl adjacent to an activating group) is 1. The van der Waals surface area contributed by atoms with Gasteiger partial charge in [-0.25, -0.2) is 0 Å². The minimum absolute atomic E-state index is 0.318. The lowest BCUT2D eigenvalue weighted by atomic mass is 10.1. The van der Waals surface area contributed by atoms with Gasteiger partial charge in [0.05, 0.1) is 6.04 Å². The molecule has 0 fully saturated rings. The van der Waals surface area contributed by atoms with E-state index in [-0.39, 0.29) is 0 Å². The second kappa shape index (κ2) is 7.72. The molecule has 1 heterocycles. The molecule has 3 nitrogen and oxygen atoms in total. The van der Waals surface area contributed by atoms with E-state index in [9.17, 15) is 0 Å². The predicted molar refractivity (Wildman–Crippen MR) is 101 cm³/mol. The quantitative estimate of drug-likeness (QED) is 0.810. The number of nitrogens with zero attached hydrogens (tertiary/aromatic N) is 1.